The highest BCUT2D eigenvalue weighted by molar-refractivity contribution is 8.00. The fourth-order valence-corrected chi connectivity index (χ4v) is 6.10. The topological polar surface area (TPSA) is 76.3 Å². The zero-order chi connectivity index (χ0) is 24.8. The number of thioether (sulfide) groups is 1. The van der Waals surface area contributed by atoms with E-state index in [1.54, 1.807) is 0 Å². The standard InChI is InChI=1S/C27H18FN3O3S2/c1-15-7-9-16(10-8-15)14-35-27-30-29-26(36-27)31-22(17-5-3-2-4-6-17)21-23(32)19-13-18(28)11-12-20(19)34-24(21)25(31)33/h2-13,22H,14H2,1H3. The molecule has 0 fully saturated rings. The fourth-order valence-electron chi connectivity index (χ4n) is 4.28. The van der Waals surface area contributed by atoms with Crippen LogP contribution < -0.4 is 10.3 Å². The summed E-state index contributed by atoms with van der Waals surface area (Å²) in [7, 11) is 0. The van der Waals surface area contributed by atoms with Crippen molar-refractivity contribution >= 4 is 45.1 Å². The van der Waals surface area contributed by atoms with E-state index in [9.17, 15) is 14.0 Å². The summed E-state index contributed by atoms with van der Waals surface area (Å²) in [5.41, 5.74) is 2.97. The van der Waals surface area contributed by atoms with E-state index in [1.807, 2.05) is 37.3 Å². The molecule has 1 atom stereocenters. The molecule has 6 rings (SSSR count). The molecular weight excluding hydrogens is 497 g/mol. The van der Waals surface area contributed by atoms with Crippen molar-refractivity contribution in [2.24, 2.45) is 0 Å². The Labute approximate surface area is 213 Å². The van der Waals surface area contributed by atoms with Crippen molar-refractivity contribution in [3.63, 3.8) is 0 Å². The van der Waals surface area contributed by atoms with Gasteiger partial charge in [0.25, 0.3) is 5.91 Å². The minimum Gasteiger partial charge on any atom is -0.450 e. The summed E-state index contributed by atoms with van der Waals surface area (Å²) in [6.45, 7) is 2.04. The molecule has 0 aliphatic carbocycles. The Bertz CT molecular complexity index is 1670. The van der Waals surface area contributed by atoms with Gasteiger partial charge in [-0.1, -0.05) is 83.3 Å². The second-order valence-electron chi connectivity index (χ2n) is 8.43. The minimum absolute atomic E-state index is 0.0583. The van der Waals surface area contributed by atoms with Crippen LogP contribution in [0, 0.1) is 12.7 Å². The van der Waals surface area contributed by atoms with Crippen molar-refractivity contribution in [2.75, 3.05) is 4.90 Å². The van der Waals surface area contributed by atoms with Gasteiger partial charge in [0.05, 0.1) is 17.0 Å². The van der Waals surface area contributed by atoms with Gasteiger partial charge in [0.1, 0.15) is 11.4 Å². The van der Waals surface area contributed by atoms with Crippen LogP contribution in [0.5, 0.6) is 0 Å². The number of benzene rings is 3. The zero-order valence-corrected chi connectivity index (χ0v) is 20.6. The summed E-state index contributed by atoms with van der Waals surface area (Å²) in [5.74, 6) is -0.376. The maximum atomic E-state index is 13.9. The number of fused-ring (bicyclic) bond motifs is 2. The van der Waals surface area contributed by atoms with E-state index in [2.05, 4.69) is 34.5 Å². The first-order valence-corrected chi connectivity index (χ1v) is 13.0. The highest BCUT2D eigenvalue weighted by Crippen LogP contribution is 2.43. The van der Waals surface area contributed by atoms with Crippen molar-refractivity contribution in [1.82, 2.24) is 10.2 Å². The predicted octanol–water partition coefficient (Wildman–Crippen LogP) is 6.13. The Hall–Kier alpha value is -3.82. The normalized spacial score (nSPS) is 15.0. The number of aromatic nitrogens is 2. The Kier molecular flexibility index (Phi) is 5.66. The monoisotopic (exact) mass is 515 g/mol. The number of hydrogen-bond donors (Lipinski definition) is 0. The Morgan fingerprint density at radius 1 is 1.03 bits per heavy atom. The molecule has 9 heteroatoms. The molecule has 3 heterocycles. The van der Waals surface area contributed by atoms with Gasteiger partial charge in [-0.15, -0.1) is 10.2 Å². The molecule has 0 saturated heterocycles. The SMILES string of the molecule is Cc1ccc(CSc2nnc(N3C(=O)c4oc5ccc(F)cc5c(=O)c4C3c3ccccc3)s2)cc1. The molecule has 36 heavy (non-hydrogen) atoms. The van der Waals surface area contributed by atoms with E-state index in [4.69, 9.17) is 4.42 Å². The van der Waals surface area contributed by atoms with Crippen LogP contribution in [0.1, 0.15) is 38.9 Å². The van der Waals surface area contributed by atoms with Gasteiger partial charge in [-0.3, -0.25) is 14.5 Å². The van der Waals surface area contributed by atoms with Gasteiger partial charge in [-0.25, -0.2) is 4.39 Å². The van der Waals surface area contributed by atoms with Crippen LogP contribution in [0.3, 0.4) is 0 Å². The lowest BCUT2D eigenvalue weighted by Gasteiger charge is -2.21. The molecular formula is C27H18FN3O3S2. The quantitative estimate of drug-likeness (QED) is 0.207. The first kappa shape index (κ1) is 22.6. The molecule has 2 aromatic heterocycles. The number of amides is 1. The number of hydrogen-bond acceptors (Lipinski definition) is 7. The number of carbonyl (C=O) groups is 1. The average Bonchev–Trinajstić information content (AvgIpc) is 3.47. The summed E-state index contributed by atoms with van der Waals surface area (Å²) in [4.78, 5) is 28.6. The predicted molar refractivity (Wildman–Crippen MR) is 138 cm³/mol. The molecule has 1 aliphatic rings. The average molecular weight is 516 g/mol. The number of halogens is 1. The number of aryl methyl sites for hydroxylation is 1. The van der Waals surface area contributed by atoms with E-state index in [0.29, 0.717) is 15.2 Å². The third kappa shape index (κ3) is 3.90. The maximum absolute atomic E-state index is 13.9. The number of carbonyl (C=O) groups excluding carboxylic acids is 1. The van der Waals surface area contributed by atoms with Crippen molar-refractivity contribution in [3.05, 3.63) is 117 Å². The minimum atomic E-state index is -0.763. The molecule has 178 valence electrons. The van der Waals surface area contributed by atoms with Crippen molar-refractivity contribution in [2.45, 2.75) is 23.1 Å². The zero-order valence-electron chi connectivity index (χ0n) is 19.0. The summed E-state index contributed by atoms with van der Waals surface area (Å²) in [6.07, 6.45) is 0. The van der Waals surface area contributed by atoms with Gasteiger partial charge in [-0.2, -0.15) is 0 Å². The van der Waals surface area contributed by atoms with Crippen LogP contribution in [0.25, 0.3) is 11.0 Å². The first-order chi connectivity index (χ1) is 17.5. The summed E-state index contributed by atoms with van der Waals surface area (Å²) in [6, 6.07) is 20.4. The van der Waals surface area contributed by atoms with Gasteiger partial charge in [0, 0.05) is 5.75 Å². The largest absolute Gasteiger partial charge is 0.450 e. The molecule has 0 bridgehead atoms. The molecule has 0 N–H and O–H groups in total. The summed E-state index contributed by atoms with van der Waals surface area (Å²) >= 11 is 2.81. The second-order valence-corrected chi connectivity index (χ2v) is 10.6. The summed E-state index contributed by atoms with van der Waals surface area (Å²) < 4.78 is 20.5. The molecule has 3 aromatic carbocycles. The smallest absolute Gasteiger partial charge is 0.297 e. The van der Waals surface area contributed by atoms with Crippen LogP contribution in [0.15, 0.2) is 86.3 Å². The van der Waals surface area contributed by atoms with Gasteiger partial charge >= 0.3 is 0 Å². The molecule has 6 nitrogen and oxygen atoms in total. The Balaban J connectivity index is 1.42. The molecule has 0 saturated carbocycles. The fraction of sp³-hybridized carbons (Fsp3) is 0.111. The van der Waals surface area contributed by atoms with Gasteiger partial charge < -0.3 is 4.42 Å². The Morgan fingerprint density at radius 3 is 2.58 bits per heavy atom. The molecule has 0 radical (unpaired) electrons. The first-order valence-electron chi connectivity index (χ1n) is 11.2. The van der Waals surface area contributed by atoms with Crippen molar-refractivity contribution in [1.29, 1.82) is 0 Å². The van der Waals surface area contributed by atoms with Crippen molar-refractivity contribution < 1.29 is 13.6 Å². The lowest BCUT2D eigenvalue weighted by molar-refractivity contribution is 0.0970. The lowest BCUT2D eigenvalue weighted by atomic mass is 9.99. The van der Waals surface area contributed by atoms with Gasteiger partial charge in [0.15, 0.2) is 9.77 Å². The van der Waals surface area contributed by atoms with Gasteiger partial charge in [-0.05, 0) is 36.2 Å². The highest BCUT2D eigenvalue weighted by atomic mass is 32.2. The van der Waals surface area contributed by atoms with Crippen LogP contribution in [0.4, 0.5) is 9.52 Å². The number of rotatable bonds is 5. The second kappa shape index (κ2) is 9.00. The summed E-state index contributed by atoms with van der Waals surface area (Å²) in [5, 5.41) is 9.04. The number of nitrogens with zero attached hydrogens (tertiary/aromatic N) is 3. The van der Waals surface area contributed by atoms with E-state index >= 15 is 0 Å². The molecule has 0 spiro atoms. The Morgan fingerprint density at radius 2 is 1.81 bits per heavy atom. The third-order valence-electron chi connectivity index (χ3n) is 6.03. The van der Waals surface area contributed by atoms with E-state index in [1.165, 1.54) is 45.7 Å². The van der Waals surface area contributed by atoms with Gasteiger partial charge in [0.2, 0.25) is 10.9 Å². The third-order valence-corrected chi connectivity index (χ3v) is 8.16. The van der Waals surface area contributed by atoms with E-state index in [0.717, 1.165) is 17.2 Å². The molecule has 1 amide bonds. The molecule has 1 aliphatic heterocycles. The van der Waals surface area contributed by atoms with Crippen molar-refractivity contribution in [3.8, 4) is 0 Å². The van der Waals surface area contributed by atoms with E-state index in [-0.39, 0.29) is 22.3 Å². The maximum Gasteiger partial charge on any atom is 0.297 e. The van der Waals surface area contributed by atoms with Crippen LogP contribution in [-0.2, 0) is 5.75 Å². The van der Waals surface area contributed by atoms with E-state index < -0.39 is 23.2 Å². The molecule has 1 unspecified atom stereocenters. The number of anilines is 1. The highest BCUT2D eigenvalue weighted by Gasteiger charge is 2.45. The van der Waals surface area contributed by atoms with Crippen LogP contribution >= 0.6 is 23.1 Å². The van der Waals surface area contributed by atoms with Crippen LogP contribution in [0.2, 0.25) is 0 Å². The van der Waals surface area contributed by atoms with Crippen LogP contribution in [-0.4, -0.2) is 16.1 Å². The molecule has 5 aromatic rings. The lowest BCUT2D eigenvalue weighted by Crippen LogP contribution is -2.29.